The summed E-state index contributed by atoms with van der Waals surface area (Å²) in [7, 11) is 0. The van der Waals surface area contributed by atoms with E-state index >= 15 is 0 Å². The number of nitrogens with zero attached hydrogens (tertiary/aromatic N) is 1. The molecule has 2 unspecified atom stereocenters. The first-order valence-corrected chi connectivity index (χ1v) is 10.2. The quantitative estimate of drug-likeness (QED) is 0.764. The van der Waals surface area contributed by atoms with Crippen LogP contribution in [0.5, 0.6) is 0 Å². The van der Waals surface area contributed by atoms with Crippen molar-refractivity contribution in [3.63, 3.8) is 0 Å². The van der Waals surface area contributed by atoms with Crippen molar-refractivity contribution in [2.45, 2.75) is 30.7 Å². The molecule has 0 spiro atoms. The van der Waals surface area contributed by atoms with Crippen LogP contribution in [0.25, 0.3) is 0 Å². The van der Waals surface area contributed by atoms with Gasteiger partial charge in [-0.05, 0) is 24.8 Å². The molecule has 1 aliphatic carbocycles. The summed E-state index contributed by atoms with van der Waals surface area (Å²) in [6, 6.07) is 10.8. The molecule has 2 atom stereocenters. The number of rotatable bonds is 7. The zero-order chi connectivity index (χ0) is 18.5. The number of morpholine rings is 1. The predicted molar refractivity (Wildman–Crippen MR) is 104 cm³/mol. The van der Waals surface area contributed by atoms with E-state index in [1.165, 1.54) is 5.56 Å². The average Bonchev–Trinajstić information content (AvgIpc) is 3.33. The molecule has 1 aromatic rings. The Bertz CT molecular complexity index is 608. The van der Waals surface area contributed by atoms with Crippen molar-refractivity contribution in [3.05, 3.63) is 35.9 Å². The number of hydrogen-bond acceptors (Lipinski definition) is 4. The first-order chi connectivity index (χ1) is 13.3. The van der Waals surface area contributed by atoms with E-state index in [1.807, 2.05) is 6.07 Å². The van der Waals surface area contributed by atoms with Crippen LogP contribution in [-0.4, -0.2) is 69.6 Å². The van der Waals surface area contributed by atoms with Crippen LogP contribution in [0.2, 0.25) is 0 Å². The molecular weight excluding hydrogens is 342 g/mol. The van der Waals surface area contributed by atoms with Crippen LogP contribution in [0.15, 0.2) is 30.3 Å². The molecule has 2 aliphatic heterocycles. The van der Waals surface area contributed by atoms with Crippen molar-refractivity contribution in [3.8, 4) is 0 Å². The van der Waals surface area contributed by atoms with E-state index in [1.54, 1.807) is 0 Å². The highest BCUT2D eigenvalue weighted by molar-refractivity contribution is 5.74. The zero-order valence-corrected chi connectivity index (χ0v) is 16.0. The first-order valence-electron chi connectivity index (χ1n) is 10.2. The summed E-state index contributed by atoms with van der Waals surface area (Å²) in [5.41, 5.74) is 1.47. The molecule has 0 radical (unpaired) electrons. The number of carbonyl (C=O) groups is 1. The van der Waals surface area contributed by atoms with Gasteiger partial charge in [-0.25, -0.2) is 4.79 Å². The summed E-state index contributed by atoms with van der Waals surface area (Å²) in [5.74, 6) is 0.488. The molecule has 4 rings (SSSR count). The van der Waals surface area contributed by atoms with Crippen molar-refractivity contribution in [1.29, 1.82) is 0 Å². The summed E-state index contributed by atoms with van der Waals surface area (Å²) in [4.78, 5) is 14.9. The molecule has 1 aromatic carbocycles. The topological polar surface area (TPSA) is 62.8 Å². The molecular formula is C21H31N3O3. The highest BCUT2D eigenvalue weighted by Crippen LogP contribution is 2.47. The van der Waals surface area contributed by atoms with Crippen molar-refractivity contribution in [1.82, 2.24) is 15.5 Å². The molecule has 2 heterocycles. The third-order valence-electron chi connectivity index (χ3n) is 6.32. The van der Waals surface area contributed by atoms with Gasteiger partial charge in [0, 0.05) is 50.2 Å². The van der Waals surface area contributed by atoms with Crippen LogP contribution in [-0.2, 0) is 14.9 Å². The second kappa shape index (κ2) is 8.59. The monoisotopic (exact) mass is 373 g/mol. The molecule has 0 bridgehead atoms. The van der Waals surface area contributed by atoms with Gasteiger partial charge in [0.25, 0.3) is 0 Å². The molecule has 2 N–H and O–H groups in total. The third kappa shape index (κ3) is 4.62. The lowest BCUT2D eigenvalue weighted by molar-refractivity contribution is 0.00212. The van der Waals surface area contributed by atoms with E-state index in [0.717, 1.165) is 58.8 Å². The van der Waals surface area contributed by atoms with Crippen molar-refractivity contribution >= 4 is 6.03 Å². The lowest BCUT2D eigenvalue weighted by Gasteiger charge is -2.37. The number of hydrogen-bond donors (Lipinski definition) is 2. The van der Waals surface area contributed by atoms with Gasteiger partial charge in [0.2, 0.25) is 0 Å². The summed E-state index contributed by atoms with van der Waals surface area (Å²) < 4.78 is 11.1. The summed E-state index contributed by atoms with van der Waals surface area (Å²) in [6.45, 7) is 6.41. The Balaban J connectivity index is 1.28. The molecule has 3 fully saturated rings. The van der Waals surface area contributed by atoms with Gasteiger partial charge < -0.3 is 20.1 Å². The Labute approximate surface area is 161 Å². The van der Waals surface area contributed by atoms with Crippen LogP contribution in [0.3, 0.4) is 0 Å². The second-order valence-electron chi connectivity index (χ2n) is 8.05. The third-order valence-corrected chi connectivity index (χ3v) is 6.32. The first kappa shape index (κ1) is 18.7. The highest BCUT2D eigenvalue weighted by atomic mass is 16.5. The largest absolute Gasteiger partial charge is 0.381 e. The van der Waals surface area contributed by atoms with Crippen LogP contribution in [0.1, 0.15) is 24.8 Å². The van der Waals surface area contributed by atoms with Gasteiger partial charge >= 0.3 is 6.03 Å². The fourth-order valence-corrected chi connectivity index (χ4v) is 4.38. The molecule has 3 aliphatic rings. The number of urea groups is 1. The Morgan fingerprint density at radius 3 is 2.56 bits per heavy atom. The number of amides is 2. The van der Waals surface area contributed by atoms with Gasteiger partial charge in [-0.2, -0.15) is 0 Å². The Kier molecular flexibility index (Phi) is 5.95. The molecule has 0 aromatic heterocycles. The summed E-state index contributed by atoms with van der Waals surface area (Å²) >= 11 is 0. The van der Waals surface area contributed by atoms with Crippen LogP contribution in [0.4, 0.5) is 4.79 Å². The van der Waals surface area contributed by atoms with Crippen LogP contribution < -0.4 is 10.6 Å². The van der Waals surface area contributed by atoms with Gasteiger partial charge in [0.05, 0.1) is 19.8 Å². The van der Waals surface area contributed by atoms with Crippen LogP contribution in [0, 0.1) is 5.92 Å². The minimum Gasteiger partial charge on any atom is -0.381 e. The number of nitrogens with one attached hydrogen (secondary N) is 2. The fourth-order valence-electron chi connectivity index (χ4n) is 4.38. The molecule has 2 amide bonds. The molecule has 6 heteroatoms. The molecule has 2 saturated heterocycles. The minimum atomic E-state index is -0.0608. The Morgan fingerprint density at radius 1 is 1.11 bits per heavy atom. The highest BCUT2D eigenvalue weighted by Gasteiger charge is 2.44. The van der Waals surface area contributed by atoms with Gasteiger partial charge in [0.15, 0.2) is 0 Å². The van der Waals surface area contributed by atoms with E-state index < -0.39 is 0 Å². The van der Waals surface area contributed by atoms with E-state index in [-0.39, 0.29) is 11.4 Å². The average molecular weight is 373 g/mol. The SMILES string of the molecule is O=C(NCC(C1CCOC1)N1CCOCC1)NCC1(c2ccccc2)CC1. The van der Waals surface area contributed by atoms with Crippen molar-refractivity contribution in [2.75, 3.05) is 52.6 Å². The maximum atomic E-state index is 12.5. The smallest absolute Gasteiger partial charge is 0.314 e. The fraction of sp³-hybridized carbons (Fsp3) is 0.667. The van der Waals surface area contributed by atoms with Gasteiger partial charge in [0.1, 0.15) is 0 Å². The lowest BCUT2D eigenvalue weighted by atomic mass is 9.96. The van der Waals surface area contributed by atoms with E-state index in [9.17, 15) is 4.79 Å². The number of ether oxygens (including phenoxy) is 2. The predicted octanol–water partition coefficient (Wildman–Crippen LogP) is 1.75. The maximum Gasteiger partial charge on any atom is 0.314 e. The molecule has 6 nitrogen and oxygen atoms in total. The van der Waals surface area contributed by atoms with Crippen LogP contribution >= 0.6 is 0 Å². The van der Waals surface area contributed by atoms with E-state index in [2.05, 4.69) is 39.8 Å². The van der Waals surface area contributed by atoms with Gasteiger partial charge in [-0.15, -0.1) is 0 Å². The molecule has 148 valence electrons. The minimum absolute atomic E-state index is 0.0608. The van der Waals surface area contributed by atoms with E-state index in [4.69, 9.17) is 9.47 Å². The van der Waals surface area contributed by atoms with Gasteiger partial charge in [-0.1, -0.05) is 30.3 Å². The lowest BCUT2D eigenvalue weighted by Crippen LogP contribution is -2.53. The van der Waals surface area contributed by atoms with E-state index in [0.29, 0.717) is 25.0 Å². The number of carbonyl (C=O) groups excluding carboxylic acids is 1. The summed E-state index contributed by atoms with van der Waals surface area (Å²) in [6.07, 6.45) is 3.36. The van der Waals surface area contributed by atoms with Gasteiger partial charge in [-0.3, -0.25) is 4.90 Å². The summed E-state index contributed by atoms with van der Waals surface area (Å²) in [5, 5.41) is 6.23. The normalized spacial score (nSPS) is 25.7. The number of benzene rings is 1. The van der Waals surface area contributed by atoms with Crippen molar-refractivity contribution in [2.24, 2.45) is 5.92 Å². The Hall–Kier alpha value is -1.63. The Morgan fingerprint density at radius 2 is 1.89 bits per heavy atom. The second-order valence-corrected chi connectivity index (χ2v) is 8.05. The molecule has 1 saturated carbocycles. The maximum absolute atomic E-state index is 12.5. The molecule has 27 heavy (non-hydrogen) atoms. The standard InChI is InChI=1S/C21H31N3O3/c25-20(23-16-21(7-8-21)18-4-2-1-3-5-18)22-14-19(17-6-11-27-15-17)24-9-12-26-13-10-24/h1-5,17,19H,6-16H2,(H2,22,23,25). The van der Waals surface area contributed by atoms with Crippen molar-refractivity contribution < 1.29 is 14.3 Å². The zero-order valence-electron chi connectivity index (χ0n) is 16.0.